The van der Waals surface area contributed by atoms with E-state index in [-0.39, 0.29) is 17.5 Å². The molecule has 0 aliphatic heterocycles. The number of nitrogens with one attached hydrogen (secondary N) is 1. The van der Waals surface area contributed by atoms with Crippen LogP contribution in [-0.4, -0.2) is 36.0 Å². The van der Waals surface area contributed by atoms with Gasteiger partial charge in [0.05, 0.1) is 22.9 Å². The molecule has 0 saturated carbocycles. The summed E-state index contributed by atoms with van der Waals surface area (Å²) in [4.78, 5) is 21.2. The number of benzene rings is 1. The van der Waals surface area contributed by atoms with E-state index in [9.17, 15) is 14.4 Å². The van der Waals surface area contributed by atoms with E-state index in [4.69, 9.17) is 0 Å². The minimum absolute atomic E-state index is 0.0819. The van der Waals surface area contributed by atoms with Gasteiger partial charge in [0, 0.05) is 18.4 Å². The lowest BCUT2D eigenvalue weighted by Gasteiger charge is -2.13. The van der Waals surface area contributed by atoms with Crippen molar-refractivity contribution in [1.82, 2.24) is 24.3 Å². The third-order valence-electron chi connectivity index (χ3n) is 5.00. The van der Waals surface area contributed by atoms with Gasteiger partial charge in [0.2, 0.25) is 5.91 Å². The first-order valence-electron chi connectivity index (χ1n) is 9.34. The highest BCUT2D eigenvalue weighted by Crippen LogP contribution is 2.31. The number of hydrogen-bond donors (Lipinski definition) is 1. The van der Waals surface area contributed by atoms with Gasteiger partial charge in [0.25, 0.3) is 0 Å². The zero-order chi connectivity index (χ0) is 22.1. The molecule has 4 rings (SSSR count). The number of anilines is 1. The molecule has 1 amide bonds. The summed E-state index contributed by atoms with van der Waals surface area (Å²) in [5.41, 5.74) is 3.25. The second kappa shape index (κ2) is 8.20. The molecule has 1 aromatic carbocycles. The quantitative estimate of drug-likeness (QED) is 0.380. The lowest BCUT2D eigenvalue weighted by molar-refractivity contribution is -0.113. The molecule has 10 heteroatoms. The number of hydrogen-bond acceptors (Lipinski definition) is 6. The number of fused-ring (bicyclic) bond motifs is 1. The molecule has 31 heavy (non-hydrogen) atoms. The van der Waals surface area contributed by atoms with Crippen molar-refractivity contribution in [2.45, 2.75) is 18.9 Å². The molecule has 0 unspecified atom stereocenters. The van der Waals surface area contributed by atoms with Crippen molar-refractivity contribution in [3.05, 3.63) is 59.4 Å². The fourth-order valence-electron chi connectivity index (χ4n) is 3.33. The Bertz CT molecular complexity index is 1330. The Labute approximate surface area is 181 Å². The van der Waals surface area contributed by atoms with Crippen LogP contribution < -0.4 is 5.32 Å². The van der Waals surface area contributed by atoms with E-state index >= 15 is 0 Å². The average molecular weight is 435 g/mol. The molecule has 0 spiro atoms. The van der Waals surface area contributed by atoms with Gasteiger partial charge in [0.1, 0.15) is 29.1 Å². The number of nitriles is 1. The van der Waals surface area contributed by atoms with Crippen LogP contribution in [0.25, 0.3) is 16.7 Å². The Morgan fingerprint density at radius 3 is 2.71 bits per heavy atom. The van der Waals surface area contributed by atoms with Gasteiger partial charge in [-0.05, 0) is 43.7 Å². The Balaban J connectivity index is 1.61. The highest BCUT2D eigenvalue weighted by Gasteiger charge is 2.21. The first-order valence-corrected chi connectivity index (χ1v) is 10.3. The molecule has 156 valence electrons. The summed E-state index contributed by atoms with van der Waals surface area (Å²) in [6.07, 6.45) is 3.10. The molecular weight excluding hydrogens is 417 g/mol. The summed E-state index contributed by atoms with van der Waals surface area (Å²) in [5.74, 6) is -0.209. The zero-order valence-corrected chi connectivity index (χ0v) is 17.9. The van der Waals surface area contributed by atoms with Crippen LogP contribution in [0.5, 0.6) is 0 Å². The SMILES string of the molecule is Cc1c(C#N)c(NC(=O)CSc2ncnc3c2cnn3C)n(-c2ccc(F)cc2)c1C. The second-order valence-electron chi connectivity index (χ2n) is 6.88. The van der Waals surface area contributed by atoms with Crippen molar-refractivity contribution < 1.29 is 9.18 Å². The Hall–Kier alpha value is -3.71. The molecule has 4 aromatic rings. The number of rotatable bonds is 5. The second-order valence-corrected chi connectivity index (χ2v) is 7.84. The molecule has 3 aromatic heterocycles. The van der Waals surface area contributed by atoms with Crippen LogP contribution in [0.3, 0.4) is 0 Å². The monoisotopic (exact) mass is 435 g/mol. The number of thioether (sulfide) groups is 1. The van der Waals surface area contributed by atoms with E-state index in [1.165, 1.54) is 30.2 Å². The van der Waals surface area contributed by atoms with E-state index in [0.29, 0.717) is 27.7 Å². The summed E-state index contributed by atoms with van der Waals surface area (Å²) in [6.45, 7) is 3.67. The molecule has 1 N–H and O–H groups in total. The molecule has 0 radical (unpaired) electrons. The molecule has 0 aliphatic carbocycles. The largest absolute Gasteiger partial charge is 0.310 e. The van der Waals surface area contributed by atoms with Gasteiger partial charge in [-0.1, -0.05) is 11.8 Å². The van der Waals surface area contributed by atoms with E-state index in [0.717, 1.165) is 16.6 Å². The van der Waals surface area contributed by atoms with Gasteiger partial charge in [-0.15, -0.1) is 0 Å². The number of amides is 1. The maximum absolute atomic E-state index is 13.4. The van der Waals surface area contributed by atoms with Crippen molar-refractivity contribution in [1.29, 1.82) is 5.26 Å². The Kier molecular flexibility index (Phi) is 5.44. The average Bonchev–Trinajstić information content (AvgIpc) is 3.25. The van der Waals surface area contributed by atoms with Crippen LogP contribution in [-0.2, 0) is 11.8 Å². The van der Waals surface area contributed by atoms with Gasteiger partial charge < -0.3 is 5.32 Å². The zero-order valence-electron chi connectivity index (χ0n) is 17.0. The molecular formula is C21H18FN7OS. The summed E-state index contributed by atoms with van der Waals surface area (Å²) in [7, 11) is 1.79. The van der Waals surface area contributed by atoms with Crippen LogP contribution in [0.15, 0.2) is 41.8 Å². The van der Waals surface area contributed by atoms with Crippen molar-refractivity contribution in [3.8, 4) is 11.8 Å². The third-order valence-corrected chi connectivity index (χ3v) is 6.01. The maximum Gasteiger partial charge on any atom is 0.235 e. The standard InChI is InChI=1S/C21H18FN7OS/c1-12-13(2)29(15-6-4-14(22)5-7-15)20(16(12)8-23)27-18(30)10-31-21-17-9-26-28(3)19(17)24-11-25-21/h4-7,9,11H,10H2,1-3H3,(H,27,30). The van der Waals surface area contributed by atoms with Crippen molar-refractivity contribution in [3.63, 3.8) is 0 Å². The molecule has 0 saturated heterocycles. The number of aryl methyl sites for hydroxylation is 1. The number of halogens is 1. The summed E-state index contributed by atoms with van der Waals surface area (Å²) >= 11 is 1.26. The van der Waals surface area contributed by atoms with Crippen LogP contribution in [0.1, 0.15) is 16.8 Å². The van der Waals surface area contributed by atoms with Gasteiger partial charge >= 0.3 is 0 Å². The van der Waals surface area contributed by atoms with E-state index < -0.39 is 0 Å². The predicted octanol–water partition coefficient (Wildman–Crippen LogP) is 3.51. The number of carbonyl (C=O) groups excluding carboxylic acids is 1. The minimum atomic E-state index is -0.362. The Morgan fingerprint density at radius 2 is 2.00 bits per heavy atom. The molecule has 0 fully saturated rings. The normalized spacial score (nSPS) is 10.9. The predicted molar refractivity (Wildman–Crippen MR) is 116 cm³/mol. The highest BCUT2D eigenvalue weighted by atomic mass is 32.2. The topological polar surface area (TPSA) is 101 Å². The molecule has 0 bridgehead atoms. The molecule has 3 heterocycles. The van der Waals surface area contributed by atoms with E-state index in [1.807, 2.05) is 13.8 Å². The van der Waals surface area contributed by atoms with Gasteiger partial charge in [-0.25, -0.2) is 14.4 Å². The fourth-order valence-corrected chi connectivity index (χ4v) is 4.09. The Morgan fingerprint density at radius 1 is 1.26 bits per heavy atom. The lowest BCUT2D eigenvalue weighted by atomic mass is 10.2. The number of nitrogens with zero attached hydrogens (tertiary/aromatic N) is 6. The van der Waals surface area contributed by atoms with Crippen LogP contribution >= 0.6 is 11.8 Å². The third kappa shape index (κ3) is 3.75. The van der Waals surface area contributed by atoms with E-state index in [2.05, 4.69) is 26.5 Å². The van der Waals surface area contributed by atoms with E-state index in [1.54, 1.807) is 34.6 Å². The summed E-state index contributed by atoms with van der Waals surface area (Å²) in [6, 6.07) is 8.05. The van der Waals surface area contributed by atoms with Crippen LogP contribution in [0.2, 0.25) is 0 Å². The van der Waals surface area contributed by atoms with Gasteiger partial charge in [0.15, 0.2) is 5.65 Å². The minimum Gasteiger partial charge on any atom is -0.310 e. The van der Waals surface area contributed by atoms with Gasteiger partial charge in [-0.3, -0.25) is 14.0 Å². The number of carbonyl (C=O) groups is 1. The molecule has 8 nitrogen and oxygen atoms in total. The fraction of sp³-hybridized carbons (Fsp3) is 0.190. The summed E-state index contributed by atoms with van der Waals surface area (Å²) < 4.78 is 16.8. The summed E-state index contributed by atoms with van der Waals surface area (Å²) in [5, 5.41) is 18.1. The van der Waals surface area contributed by atoms with Crippen molar-refractivity contribution >= 4 is 34.5 Å². The highest BCUT2D eigenvalue weighted by molar-refractivity contribution is 8.00. The molecule has 0 atom stereocenters. The lowest BCUT2D eigenvalue weighted by Crippen LogP contribution is -2.18. The maximum atomic E-state index is 13.4. The number of aromatic nitrogens is 5. The smallest absolute Gasteiger partial charge is 0.235 e. The van der Waals surface area contributed by atoms with Crippen molar-refractivity contribution in [2.75, 3.05) is 11.1 Å². The molecule has 0 aliphatic rings. The van der Waals surface area contributed by atoms with Crippen LogP contribution in [0, 0.1) is 31.0 Å². The van der Waals surface area contributed by atoms with Crippen LogP contribution in [0.4, 0.5) is 10.2 Å². The first-order chi connectivity index (χ1) is 14.9. The van der Waals surface area contributed by atoms with Gasteiger partial charge in [-0.2, -0.15) is 10.4 Å². The van der Waals surface area contributed by atoms with Crippen molar-refractivity contribution in [2.24, 2.45) is 7.05 Å². The first kappa shape index (κ1) is 20.6.